The summed E-state index contributed by atoms with van der Waals surface area (Å²) in [5, 5.41) is 8.90. The van der Waals surface area contributed by atoms with Crippen LogP contribution in [0.15, 0.2) is 46.9 Å². The normalized spacial score (nSPS) is 10.7. The molecule has 3 aromatic rings. The second-order valence-corrected chi connectivity index (χ2v) is 5.73. The van der Waals surface area contributed by atoms with Crippen molar-refractivity contribution in [2.75, 3.05) is 0 Å². The van der Waals surface area contributed by atoms with Crippen LogP contribution in [0.25, 0.3) is 11.5 Å². The molecule has 4 nitrogen and oxygen atoms in total. The van der Waals surface area contributed by atoms with E-state index < -0.39 is 0 Å². The molecule has 2 aromatic carbocycles. The van der Waals surface area contributed by atoms with Gasteiger partial charge < -0.3 is 9.15 Å². The molecule has 1 heterocycles. The lowest BCUT2D eigenvalue weighted by molar-refractivity contribution is 0.306. The number of nitrogens with zero attached hydrogens (tertiary/aromatic N) is 2. The number of rotatable bonds is 5. The van der Waals surface area contributed by atoms with Gasteiger partial charge in [0, 0.05) is 21.2 Å². The topological polar surface area (TPSA) is 48.2 Å². The van der Waals surface area contributed by atoms with Crippen LogP contribution in [0.5, 0.6) is 5.75 Å². The quantitative estimate of drug-likeness (QED) is 0.568. The number of alkyl halides is 1. The summed E-state index contributed by atoms with van der Waals surface area (Å²) in [6.45, 7) is 0.287. The van der Waals surface area contributed by atoms with Crippen LogP contribution in [0.2, 0.25) is 10.0 Å². The number of aromatic nitrogens is 2. The molecule has 0 aliphatic rings. The summed E-state index contributed by atoms with van der Waals surface area (Å²) in [6, 6.07) is 12.6. The third-order valence-electron chi connectivity index (χ3n) is 3.13. The molecular formula is C16H11Cl3N2O2. The van der Waals surface area contributed by atoms with Crippen molar-refractivity contribution in [1.82, 2.24) is 10.2 Å². The average molecular weight is 370 g/mol. The zero-order valence-electron chi connectivity index (χ0n) is 11.8. The van der Waals surface area contributed by atoms with Crippen LogP contribution in [0.3, 0.4) is 0 Å². The summed E-state index contributed by atoms with van der Waals surface area (Å²) in [4.78, 5) is 0. The Bertz CT molecular complexity index is 783. The van der Waals surface area contributed by atoms with E-state index in [-0.39, 0.29) is 12.5 Å². The van der Waals surface area contributed by atoms with E-state index >= 15 is 0 Å². The van der Waals surface area contributed by atoms with Gasteiger partial charge in [-0.3, -0.25) is 0 Å². The van der Waals surface area contributed by atoms with Crippen LogP contribution >= 0.6 is 34.8 Å². The minimum atomic E-state index is 0.187. The van der Waals surface area contributed by atoms with Crippen LogP contribution in [-0.2, 0) is 12.5 Å². The third kappa shape index (κ3) is 3.78. The highest BCUT2D eigenvalue weighted by Gasteiger charge is 2.09. The van der Waals surface area contributed by atoms with Gasteiger partial charge in [-0.1, -0.05) is 29.3 Å². The van der Waals surface area contributed by atoms with Crippen LogP contribution < -0.4 is 4.74 Å². The van der Waals surface area contributed by atoms with Crippen LogP contribution in [-0.4, -0.2) is 10.2 Å². The summed E-state index contributed by atoms with van der Waals surface area (Å²) < 4.78 is 11.1. The fraction of sp³-hybridized carbons (Fsp3) is 0.125. The van der Waals surface area contributed by atoms with Gasteiger partial charge in [0.15, 0.2) is 0 Å². The number of benzene rings is 2. The SMILES string of the molecule is ClCc1nnc(-c2ccc(OCc3c(Cl)cccc3Cl)cc2)o1. The van der Waals surface area contributed by atoms with Crippen molar-refractivity contribution in [2.24, 2.45) is 0 Å². The van der Waals surface area contributed by atoms with Gasteiger partial charge in [0.05, 0.1) is 0 Å². The molecule has 3 rings (SSSR count). The van der Waals surface area contributed by atoms with E-state index in [1.807, 2.05) is 24.3 Å². The van der Waals surface area contributed by atoms with Gasteiger partial charge in [0.25, 0.3) is 0 Å². The van der Waals surface area contributed by atoms with E-state index in [4.69, 9.17) is 44.0 Å². The second kappa shape index (κ2) is 7.21. The van der Waals surface area contributed by atoms with Gasteiger partial charge in [0.1, 0.15) is 18.2 Å². The fourth-order valence-corrected chi connectivity index (χ4v) is 2.56. The van der Waals surface area contributed by atoms with Crippen molar-refractivity contribution in [3.05, 3.63) is 64.0 Å². The third-order valence-corrected chi connectivity index (χ3v) is 4.06. The van der Waals surface area contributed by atoms with Crippen LogP contribution in [0, 0.1) is 0 Å². The summed E-state index contributed by atoms with van der Waals surface area (Å²) in [6.07, 6.45) is 0. The van der Waals surface area contributed by atoms with E-state index in [2.05, 4.69) is 10.2 Å². The Morgan fingerprint density at radius 3 is 2.26 bits per heavy atom. The first-order chi connectivity index (χ1) is 11.2. The molecule has 1 aromatic heterocycles. The monoisotopic (exact) mass is 368 g/mol. The molecule has 0 unspecified atom stereocenters. The van der Waals surface area contributed by atoms with Gasteiger partial charge in [-0.25, -0.2) is 0 Å². The molecule has 0 N–H and O–H groups in total. The van der Waals surface area contributed by atoms with E-state index in [0.29, 0.717) is 27.6 Å². The lowest BCUT2D eigenvalue weighted by Crippen LogP contribution is -1.97. The van der Waals surface area contributed by atoms with Crippen LogP contribution in [0.1, 0.15) is 11.5 Å². The first kappa shape index (κ1) is 16.1. The molecule has 0 aliphatic heterocycles. The standard InChI is InChI=1S/C16H11Cl3N2O2/c17-8-15-20-21-16(23-15)10-4-6-11(7-5-10)22-9-12-13(18)2-1-3-14(12)19/h1-7H,8-9H2. The summed E-state index contributed by atoms with van der Waals surface area (Å²) in [5.74, 6) is 1.67. The molecule has 0 amide bonds. The Morgan fingerprint density at radius 1 is 0.957 bits per heavy atom. The first-order valence-electron chi connectivity index (χ1n) is 6.72. The highest BCUT2D eigenvalue weighted by molar-refractivity contribution is 6.35. The zero-order chi connectivity index (χ0) is 16.2. The molecular weight excluding hydrogens is 359 g/mol. The maximum absolute atomic E-state index is 6.11. The van der Waals surface area contributed by atoms with Gasteiger partial charge in [-0.2, -0.15) is 0 Å². The van der Waals surface area contributed by atoms with Gasteiger partial charge >= 0.3 is 0 Å². The molecule has 118 valence electrons. The van der Waals surface area contributed by atoms with Crippen molar-refractivity contribution in [3.8, 4) is 17.2 Å². The zero-order valence-corrected chi connectivity index (χ0v) is 14.1. The molecule has 0 fully saturated rings. The summed E-state index contributed by atoms with van der Waals surface area (Å²) in [5.41, 5.74) is 1.54. The molecule has 7 heteroatoms. The van der Waals surface area contributed by atoms with Crippen molar-refractivity contribution in [2.45, 2.75) is 12.5 Å². The van der Waals surface area contributed by atoms with E-state index in [9.17, 15) is 0 Å². The molecule has 0 saturated carbocycles. The lowest BCUT2D eigenvalue weighted by atomic mass is 10.2. The average Bonchev–Trinajstić information content (AvgIpc) is 3.04. The van der Waals surface area contributed by atoms with Crippen molar-refractivity contribution < 1.29 is 9.15 Å². The number of hydrogen-bond acceptors (Lipinski definition) is 4. The van der Waals surface area contributed by atoms with Crippen molar-refractivity contribution >= 4 is 34.8 Å². The Balaban J connectivity index is 1.70. The van der Waals surface area contributed by atoms with Gasteiger partial charge in [-0.15, -0.1) is 21.8 Å². The molecule has 0 atom stereocenters. The lowest BCUT2D eigenvalue weighted by Gasteiger charge is -2.09. The first-order valence-corrected chi connectivity index (χ1v) is 8.01. The second-order valence-electron chi connectivity index (χ2n) is 4.65. The van der Waals surface area contributed by atoms with Crippen molar-refractivity contribution in [1.29, 1.82) is 0 Å². The van der Waals surface area contributed by atoms with Crippen molar-refractivity contribution in [3.63, 3.8) is 0 Å². The van der Waals surface area contributed by atoms with Gasteiger partial charge in [0.2, 0.25) is 11.8 Å². The predicted octanol–water partition coefficient (Wildman–Crippen LogP) is 5.36. The molecule has 0 saturated heterocycles. The van der Waals surface area contributed by atoms with Crippen LogP contribution in [0.4, 0.5) is 0 Å². The minimum Gasteiger partial charge on any atom is -0.489 e. The smallest absolute Gasteiger partial charge is 0.247 e. The number of halogens is 3. The number of hydrogen-bond donors (Lipinski definition) is 0. The fourth-order valence-electron chi connectivity index (χ4n) is 1.94. The van der Waals surface area contributed by atoms with E-state index in [1.165, 1.54) is 0 Å². The molecule has 0 radical (unpaired) electrons. The Morgan fingerprint density at radius 2 is 1.65 bits per heavy atom. The minimum absolute atomic E-state index is 0.187. The maximum Gasteiger partial charge on any atom is 0.247 e. The maximum atomic E-state index is 6.11. The Kier molecular flexibility index (Phi) is 5.06. The molecule has 0 aliphatic carbocycles. The molecule has 23 heavy (non-hydrogen) atoms. The highest BCUT2D eigenvalue weighted by Crippen LogP contribution is 2.27. The molecule has 0 spiro atoms. The van der Waals surface area contributed by atoms with Gasteiger partial charge in [-0.05, 0) is 36.4 Å². The van der Waals surface area contributed by atoms with E-state index in [0.717, 1.165) is 11.1 Å². The summed E-state index contributed by atoms with van der Waals surface area (Å²) in [7, 11) is 0. The highest BCUT2D eigenvalue weighted by atomic mass is 35.5. The Labute approximate surface area is 148 Å². The Hall–Kier alpha value is -1.75. The predicted molar refractivity (Wildman–Crippen MR) is 90.1 cm³/mol. The number of ether oxygens (including phenoxy) is 1. The van der Waals surface area contributed by atoms with E-state index in [1.54, 1.807) is 18.2 Å². The molecule has 0 bridgehead atoms. The summed E-state index contributed by atoms with van der Waals surface area (Å²) >= 11 is 17.9. The largest absolute Gasteiger partial charge is 0.489 e.